The van der Waals surface area contributed by atoms with Gasteiger partial charge in [0.1, 0.15) is 0 Å². The zero-order valence-electron chi connectivity index (χ0n) is 5.69. The van der Waals surface area contributed by atoms with E-state index in [0.717, 1.165) is 0 Å². The van der Waals surface area contributed by atoms with Crippen LogP contribution in [0.4, 0.5) is 0 Å². The lowest BCUT2D eigenvalue weighted by atomic mass is 10.1. The van der Waals surface area contributed by atoms with Gasteiger partial charge in [-0.2, -0.15) is 0 Å². The fourth-order valence-electron chi connectivity index (χ4n) is 0. The highest BCUT2D eigenvalue weighted by atomic mass is 35.5. The van der Waals surface area contributed by atoms with Crippen molar-refractivity contribution in [2.75, 3.05) is 11.9 Å². The van der Waals surface area contributed by atoms with Crippen LogP contribution in [0.3, 0.4) is 0 Å². The van der Waals surface area contributed by atoms with Crippen LogP contribution in [0.2, 0.25) is 0 Å². The minimum absolute atomic E-state index is 0.0486. The second kappa shape index (κ2) is 6.62. The van der Waals surface area contributed by atoms with Crippen LogP contribution in [0, 0.1) is 0 Å². The normalized spacial score (nSPS) is 10.0. The van der Waals surface area contributed by atoms with E-state index in [4.69, 9.17) is 34.0 Å². The monoisotopic (exact) mass is 173 g/mol. The number of alkyl halides is 2. The number of nitrogens with two attached hydrogens (primary N) is 1. The number of rotatable bonds is 1. The molecule has 0 rings (SSSR count). The molecule has 0 aromatic rings. The standard InChI is InChI=1S/C4H11NO.CH2Cl2/c1-4(2,5)3-6;2-1-3/h6H,3,5H2,1-2H3;1H2. The Bertz CT molecular complexity index is 53.4. The zero-order chi connectivity index (χ0) is 7.91. The van der Waals surface area contributed by atoms with E-state index >= 15 is 0 Å². The maximum absolute atomic E-state index is 8.28. The molecule has 0 bridgehead atoms. The van der Waals surface area contributed by atoms with Gasteiger partial charge in [-0.3, -0.25) is 0 Å². The Morgan fingerprint density at radius 3 is 1.56 bits per heavy atom. The third-order valence-electron chi connectivity index (χ3n) is 0.408. The van der Waals surface area contributed by atoms with E-state index in [2.05, 4.69) is 0 Å². The lowest BCUT2D eigenvalue weighted by Gasteiger charge is -2.12. The molecule has 0 fully saturated rings. The van der Waals surface area contributed by atoms with E-state index in [0.29, 0.717) is 0 Å². The number of aliphatic hydroxyl groups is 1. The number of hydrogen-bond acceptors (Lipinski definition) is 2. The van der Waals surface area contributed by atoms with Crippen LogP contribution in [0.25, 0.3) is 0 Å². The largest absolute Gasteiger partial charge is 0.394 e. The summed E-state index contributed by atoms with van der Waals surface area (Å²) >= 11 is 9.53. The first-order chi connectivity index (χ1) is 3.97. The second-order valence-electron chi connectivity index (χ2n) is 2.25. The van der Waals surface area contributed by atoms with Gasteiger partial charge in [0, 0.05) is 5.54 Å². The predicted molar refractivity (Wildman–Crippen MR) is 41.9 cm³/mol. The Morgan fingerprint density at radius 1 is 1.44 bits per heavy atom. The van der Waals surface area contributed by atoms with Gasteiger partial charge in [-0.25, -0.2) is 0 Å². The van der Waals surface area contributed by atoms with Crippen LogP contribution < -0.4 is 5.73 Å². The molecule has 9 heavy (non-hydrogen) atoms. The summed E-state index contributed by atoms with van der Waals surface area (Å²) in [5.74, 6) is 0. The van der Waals surface area contributed by atoms with Crippen molar-refractivity contribution in [2.45, 2.75) is 19.4 Å². The summed E-state index contributed by atoms with van der Waals surface area (Å²) in [7, 11) is 0. The number of halogens is 2. The van der Waals surface area contributed by atoms with Gasteiger partial charge in [0.2, 0.25) is 0 Å². The Morgan fingerprint density at radius 2 is 1.56 bits per heavy atom. The maximum Gasteiger partial charge on any atom is 0.0967 e. The third-order valence-corrected chi connectivity index (χ3v) is 0.408. The highest BCUT2D eigenvalue weighted by Crippen LogP contribution is 1.89. The SMILES string of the molecule is CC(C)(N)CO.ClCCl. The highest BCUT2D eigenvalue weighted by Gasteiger charge is 2.05. The molecule has 0 atom stereocenters. The molecule has 58 valence electrons. The lowest BCUT2D eigenvalue weighted by Crippen LogP contribution is -2.35. The summed E-state index contributed by atoms with van der Waals surface area (Å²) in [6, 6.07) is 0. The minimum atomic E-state index is -0.403. The fourth-order valence-corrected chi connectivity index (χ4v) is 0. The van der Waals surface area contributed by atoms with E-state index in [-0.39, 0.29) is 11.9 Å². The minimum Gasteiger partial charge on any atom is -0.394 e. The van der Waals surface area contributed by atoms with Crippen molar-refractivity contribution in [3.63, 3.8) is 0 Å². The lowest BCUT2D eigenvalue weighted by molar-refractivity contribution is 0.221. The van der Waals surface area contributed by atoms with E-state index in [1.807, 2.05) is 0 Å². The van der Waals surface area contributed by atoms with Crippen molar-refractivity contribution < 1.29 is 5.11 Å². The Kier molecular flexibility index (Phi) is 8.97. The van der Waals surface area contributed by atoms with E-state index in [1.165, 1.54) is 0 Å². The van der Waals surface area contributed by atoms with Gasteiger partial charge >= 0.3 is 0 Å². The van der Waals surface area contributed by atoms with Gasteiger partial charge in [0.05, 0.1) is 11.9 Å². The molecule has 0 saturated heterocycles. The smallest absolute Gasteiger partial charge is 0.0967 e. The molecule has 0 aliphatic rings. The van der Waals surface area contributed by atoms with Crippen molar-refractivity contribution in [1.82, 2.24) is 0 Å². The molecule has 0 aliphatic heterocycles. The molecule has 0 aromatic heterocycles. The molecule has 0 spiro atoms. The van der Waals surface area contributed by atoms with Crippen molar-refractivity contribution >= 4 is 23.2 Å². The maximum atomic E-state index is 8.28. The van der Waals surface area contributed by atoms with Crippen molar-refractivity contribution in [2.24, 2.45) is 5.73 Å². The van der Waals surface area contributed by atoms with Crippen LogP contribution in [0.1, 0.15) is 13.8 Å². The van der Waals surface area contributed by atoms with E-state index < -0.39 is 5.54 Å². The average molecular weight is 174 g/mol. The first-order valence-corrected chi connectivity index (χ1v) is 3.56. The molecule has 2 nitrogen and oxygen atoms in total. The molecule has 0 aliphatic carbocycles. The fraction of sp³-hybridized carbons (Fsp3) is 1.00. The molecule has 0 heterocycles. The first kappa shape index (κ1) is 12.2. The molecule has 0 saturated carbocycles. The average Bonchev–Trinajstić information content (AvgIpc) is 1.67. The van der Waals surface area contributed by atoms with Crippen LogP contribution in [0.15, 0.2) is 0 Å². The van der Waals surface area contributed by atoms with Crippen LogP contribution >= 0.6 is 23.2 Å². The van der Waals surface area contributed by atoms with E-state index in [9.17, 15) is 0 Å². The van der Waals surface area contributed by atoms with Gasteiger partial charge < -0.3 is 10.8 Å². The van der Waals surface area contributed by atoms with Gasteiger partial charge in [-0.15, -0.1) is 23.2 Å². The van der Waals surface area contributed by atoms with E-state index in [1.54, 1.807) is 13.8 Å². The summed E-state index contributed by atoms with van der Waals surface area (Å²) < 4.78 is 0. The molecule has 0 amide bonds. The van der Waals surface area contributed by atoms with Crippen molar-refractivity contribution in [3.8, 4) is 0 Å². The summed E-state index contributed by atoms with van der Waals surface area (Å²) in [5.41, 5.74) is 4.88. The molecule has 0 unspecified atom stereocenters. The van der Waals surface area contributed by atoms with Gasteiger partial charge in [0.25, 0.3) is 0 Å². The quantitative estimate of drug-likeness (QED) is 0.585. The summed E-state index contributed by atoms with van der Waals surface area (Å²) in [4.78, 5) is 0. The molecular weight excluding hydrogens is 161 g/mol. The topological polar surface area (TPSA) is 46.2 Å². The number of hydrogen-bond donors (Lipinski definition) is 2. The van der Waals surface area contributed by atoms with Crippen LogP contribution in [-0.4, -0.2) is 22.6 Å². The van der Waals surface area contributed by atoms with Crippen molar-refractivity contribution in [1.29, 1.82) is 0 Å². The van der Waals surface area contributed by atoms with Gasteiger partial charge in [-0.05, 0) is 13.8 Å². The van der Waals surface area contributed by atoms with Gasteiger partial charge in [-0.1, -0.05) is 0 Å². The third kappa shape index (κ3) is 29.3. The summed E-state index contributed by atoms with van der Waals surface area (Å²) in [6.45, 7) is 3.59. The van der Waals surface area contributed by atoms with Gasteiger partial charge in [0.15, 0.2) is 0 Å². The molecular formula is C5H13Cl2NO. The second-order valence-corrected chi connectivity index (χ2v) is 3.06. The molecule has 4 heteroatoms. The molecule has 3 N–H and O–H groups in total. The predicted octanol–water partition coefficient (Wildman–Crippen LogP) is 1.14. The Labute approximate surface area is 65.9 Å². The Balaban J connectivity index is 0. The highest BCUT2D eigenvalue weighted by molar-refractivity contribution is 6.40. The van der Waals surface area contributed by atoms with Crippen LogP contribution in [0.5, 0.6) is 0 Å². The molecule has 0 aromatic carbocycles. The summed E-state index contributed by atoms with van der Waals surface area (Å²) in [5, 5.41) is 8.47. The van der Waals surface area contributed by atoms with Crippen molar-refractivity contribution in [3.05, 3.63) is 0 Å². The first-order valence-electron chi connectivity index (χ1n) is 2.49. The number of aliphatic hydroxyl groups excluding tert-OH is 1. The zero-order valence-corrected chi connectivity index (χ0v) is 7.21. The van der Waals surface area contributed by atoms with Crippen LogP contribution in [-0.2, 0) is 0 Å². The molecule has 0 radical (unpaired) electrons. The Hall–Kier alpha value is 0.500. The summed E-state index contributed by atoms with van der Waals surface area (Å²) in [6.07, 6.45) is 0.